The van der Waals surface area contributed by atoms with E-state index in [-0.39, 0.29) is 6.04 Å². The third kappa shape index (κ3) is 3.20. The summed E-state index contributed by atoms with van der Waals surface area (Å²) in [5, 5.41) is 3.59. The molecule has 0 radical (unpaired) electrons. The third-order valence-electron chi connectivity index (χ3n) is 3.72. The molecule has 1 N–H and O–H groups in total. The SMILES string of the molecule is CCNC(c1ccccc1OC)C(C)c1ccccc1. The average molecular weight is 269 g/mol. The molecule has 2 rings (SSSR count). The molecular formula is C18H23NO. The number of para-hydroxylation sites is 1. The molecule has 20 heavy (non-hydrogen) atoms. The Hall–Kier alpha value is -1.80. The van der Waals surface area contributed by atoms with E-state index >= 15 is 0 Å². The number of rotatable bonds is 6. The van der Waals surface area contributed by atoms with Gasteiger partial charge in [0.1, 0.15) is 5.75 Å². The summed E-state index contributed by atoms with van der Waals surface area (Å²) in [5.41, 5.74) is 2.55. The number of hydrogen-bond donors (Lipinski definition) is 1. The Kier molecular flexibility index (Phi) is 5.19. The Morgan fingerprint density at radius 2 is 1.65 bits per heavy atom. The zero-order chi connectivity index (χ0) is 14.4. The van der Waals surface area contributed by atoms with E-state index in [0.29, 0.717) is 5.92 Å². The van der Waals surface area contributed by atoms with Crippen molar-refractivity contribution >= 4 is 0 Å². The Morgan fingerprint density at radius 1 is 1.00 bits per heavy atom. The van der Waals surface area contributed by atoms with Crippen LogP contribution < -0.4 is 10.1 Å². The molecule has 0 amide bonds. The van der Waals surface area contributed by atoms with Gasteiger partial charge in [0.15, 0.2) is 0 Å². The first-order chi connectivity index (χ1) is 9.77. The van der Waals surface area contributed by atoms with E-state index in [1.165, 1.54) is 11.1 Å². The molecule has 0 saturated heterocycles. The maximum absolute atomic E-state index is 5.52. The molecule has 2 aromatic carbocycles. The molecular weight excluding hydrogens is 246 g/mol. The third-order valence-corrected chi connectivity index (χ3v) is 3.72. The minimum Gasteiger partial charge on any atom is -0.496 e. The molecule has 0 aliphatic rings. The van der Waals surface area contributed by atoms with Crippen LogP contribution in [0.5, 0.6) is 5.75 Å². The highest BCUT2D eigenvalue weighted by molar-refractivity contribution is 5.38. The molecule has 2 aromatic rings. The van der Waals surface area contributed by atoms with Crippen LogP contribution in [0.1, 0.15) is 36.9 Å². The molecule has 0 fully saturated rings. The molecule has 0 spiro atoms. The van der Waals surface area contributed by atoms with Crippen LogP contribution in [0.2, 0.25) is 0 Å². The summed E-state index contributed by atoms with van der Waals surface area (Å²) in [7, 11) is 1.73. The van der Waals surface area contributed by atoms with E-state index in [4.69, 9.17) is 4.74 Å². The molecule has 0 bridgehead atoms. The monoisotopic (exact) mass is 269 g/mol. The van der Waals surface area contributed by atoms with Gasteiger partial charge in [-0.2, -0.15) is 0 Å². The molecule has 0 saturated carbocycles. The predicted octanol–water partition coefficient (Wildman–Crippen LogP) is 4.15. The molecule has 0 aromatic heterocycles. The minimum atomic E-state index is 0.249. The van der Waals surface area contributed by atoms with Gasteiger partial charge in [0.2, 0.25) is 0 Å². The molecule has 2 unspecified atom stereocenters. The second-order valence-corrected chi connectivity index (χ2v) is 4.98. The van der Waals surface area contributed by atoms with Gasteiger partial charge >= 0.3 is 0 Å². The normalized spacial score (nSPS) is 13.8. The van der Waals surface area contributed by atoms with E-state index in [1.807, 2.05) is 12.1 Å². The first-order valence-electron chi connectivity index (χ1n) is 7.19. The van der Waals surface area contributed by atoms with Crippen LogP contribution in [-0.4, -0.2) is 13.7 Å². The second kappa shape index (κ2) is 7.11. The standard InChI is InChI=1S/C18H23NO/c1-4-19-18(14(2)15-10-6-5-7-11-15)16-12-8-9-13-17(16)20-3/h5-14,18-19H,4H2,1-3H3. The molecule has 2 atom stereocenters. The Balaban J connectivity index is 2.35. The predicted molar refractivity (Wildman–Crippen MR) is 84.3 cm³/mol. The van der Waals surface area contributed by atoms with Crippen LogP contribution >= 0.6 is 0 Å². The highest BCUT2D eigenvalue weighted by Crippen LogP contribution is 2.35. The first kappa shape index (κ1) is 14.6. The quantitative estimate of drug-likeness (QED) is 0.850. The van der Waals surface area contributed by atoms with Gasteiger partial charge in [-0.3, -0.25) is 0 Å². The zero-order valence-electron chi connectivity index (χ0n) is 12.5. The number of ether oxygens (including phenoxy) is 1. The van der Waals surface area contributed by atoms with E-state index in [9.17, 15) is 0 Å². The van der Waals surface area contributed by atoms with Crippen LogP contribution in [0.4, 0.5) is 0 Å². The van der Waals surface area contributed by atoms with Gasteiger partial charge in [-0.05, 0) is 18.2 Å². The highest BCUT2D eigenvalue weighted by Gasteiger charge is 2.22. The summed E-state index contributed by atoms with van der Waals surface area (Å²) in [5.74, 6) is 1.33. The number of likely N-dealkylation sites (N-methyl/N-ethyl adjacent to an activating group) is 1. The van der Waals surface area contributed by atoms with Crippen molar-refractivity contribution in [2.45, 2.75) is 25.8 Å². The van der Waals surface area contributed by atoms with E-state index in [0.717, 1.165) is 12.3 Å². The first-order valence-corrected chi connectivity index (χ1v) is 7.19. The largest absolute Gasteiger partial charge is 0.496 e. The summed E-state index contributed by atoms with van der Waals surface area (Å²) in [6.07, 6.45) is 0. The summed E-state index contributed by atoms with van der Waals surface area (Å²) < 4.78 is 5.52. The van der Waals surface area contributed by atoms with E-state index in [1.54, 1.807) is 7.11 Å². The number of methoxy groups -OCH3 is 1. The summed E-state index contributed by atoms with van der Waals surface area (Å²) in [4.78, 5) is 0. The fraction of sp³-hybridized carbons (Fsp3) is 0.333. The maximum atomic E-state index is 5.52. The number of benzene rings is 2. The van der Waals surface area contributed by atoms with Gasteiger partial charge in [-0.25, -0.2) is 0 Å². The van der Waals surface area contributed by atoms with Crippen LogP contribution in [0.25, 0.3) is 0 Å². The lowest BCUT2D eigenvalue weighted by Gasteiger charge is -2.27. The lowest BCUT2D eigenvalue weighted by atomic mass is 9.88. The Labute approximate surface area is 121 Å². The summed E-state index contributed by atoms with van der Waals surface area (Å²) >= 11 is 0. The fourth-order valence-electron chi connectivity index (χ4n) is 2.65. The van der Waals surface area contributed by atoms with Crippen molar-refractivity contribution in [3.63, 3.8) is 0 Å². The lowest BCUT2D eigenvalue weighted by Crippen LogP contribution is -2.26. The highest BCUT2D eigenvalue weighted by atomic mass is 16.5. The van der Waals surface area contributed by atoms with Crippen molar-refractivity contribution < 1.29 is 4.74 Å². The van der Waals surface area contributed by atoms with E-state index < -0.39 is 0 Å². The van der Waals surface area contributed by atoms with Crippen molar-refractivity contribution in [3.8, 4) is 5.75 Å². The van der Waals surface area contributed by atoms with Crippen molar-refractivity contribution in [3.05, 3.63) is 65.7 Å². The molecule has 0 heterocycles. The average Bonchev–Trinajstić information content (AvgIpc) is 2.53. The van der Waals surface area contributed by atoms with Gasteiger partial charge in [0.05, 0.1) is 7.11 Å². The molecule has 0 aliphatic carbocycles. The van der Waals surface area contributed by atoms with Gasteiger partial charge in [0, 0.05) is 17.5 Å². The van der Waals surface area contributed by atoms with Crippen LogP contribution in [-0.2, 0) is 0 Å². The molecule has 2 heteroatoms. The number of hydrogen-bond acceptors (Lipinski definition) is 2. The van der Waals surface area contributed by atoms with Crippen molar-refractivity contribution in [1.29, 1.82) is 0 Å². The van der Waals surface area contributed by atoms with Crippen LogP contribution in [0.3, 0.4) is 0 Å². The fourth-order valence-corrected chi connectivity index (χ4v) is 2.65. The topological polar surface area (TPSA) is 21.3 Å². The smallest absolute Gasteiger partial charge is 0.123 e. The van der Waals surface area contributed by atoms with Crippen molar-refractivity contribution in [2.24, 2.45) is 0 Å². The zero-order valence-corrected chi connectivity index (χ0v) is 12.5. The van der Waals surface area contributed by atoms with E-state index in [2.05, 4.69) is 61.6 Å². The van der Waals surface area contributed by atoms with Crippen LogP contribution in [0, 0.1) is 0 Å². The summed E-state index contributed by atoms with van der Waals surface area (Å²) in [6.45, 7) is 5.33. The van der Waals surface area contributed by atoms with Gasteiger partial charge in [-0.15, -0.1) is 0 Å². The Morgan fingerprint density at radius 3 is 2.30 bits per heavy atom. The van der Waals surface area contributed by atoms with Gasteiger partial charge in [0.25, 0.3) is 0 Å². The van der Waals surface area contributed by atoms with Crippen molar-refractivity contribution in [2.75, 3.05) is 13.7 Å². The van der Waals surface area contributed by atoms with Crippen molar-refractivity contribution in [1.82, 2.24) is 5.32 Å². The summed E-state index contributed by atoms with van der Waals surface area (Å²) in [6, 6.07) is 19.1. The lowest BCUT2D eigenvalue weighted by molar-refractivity contribution is 0.390. The minimum absolute atomic E-state index is 0.249. The molecule has 2 nitrogen and oxygen atoms in total. The van der Waals surface area contributed by atoms with Gasteiger partial charge < -0.3 is 10.1 Å². The van der Waals surface area contributed by atoms with Crippen LogP contribution in [0.15, 0.2) is 54.6 Å². The maximum Gasteiger partial charge on any atom is 0.123 e. The van der Waals surface area contributed by atoms with Gasteiger partial charge in [-0.1, -0.05) is 62.4 Å². The molecule has 0 aliphatic heterocycles. The Bertz CT molecular complexity index is 524. The molecule has 106 valence electrons. The number of nitrogens with one attached hydrogen (secondary N) is 1. The second-order valence-electron chi connectivity index (χ2n) is 4.98.